The summed E-state index contributed by atoms with van der Waals surface area (Å²) >= 11 is 0. The minimum Gasteiger partial charge on any atom is -0.379 e. The molecule has 1 saturated heterocycles. The van der Waals surface area contributed by atoms with Gasteiger partial charge < -0.3 is 10.1 Å². The average Bonchev–Trinajstić information content (AvgIpc) is 2.69. The van der Waals surface area contributed by atoms with Crippen molar-refractivity contribution in [3.05, 3.63) is 59.7 Å². The minimum absolute atomic E-state index is 0.0340. The molecule has 1 aliphatic heterocycles. The number of rotatable bonds is 4. The number of anilines is 1. The average molecular weight is 371 g/mol. The maximum atomic E-state index is 12.9. The van der Waals surface area contributed by atoms with Crippen molar-refractivity contribution in [1.29, 1.82) is 5.26 Å². The molecular formula is C18H17N3O4S. The first-order chi connectivity index (χ1) is 12.5. The van der Waals surface area contributed by atoms with Crippen molar-refractivity contribution in [2.24, 2.45) is 0 Å². The van der Waals surface area contributed by atoms with Gasteiger partial charge in [-0.3, -0.25) is 4.79 Å². The van der Waals surface area contributed by atoms with Gasteiger partial charge in [0.1, 0.15) is 4.90 Å². The Hall–Kier alpha value is -2.73. The molecule has 0 saturated carbocycles. The number of sulfonamides is 1. The molecule has 1 heterocycles. The molecule has 1 fully saturated rings. The summed E-state index contributed by atoms with van der Waals surface area (Å²) in [6.45, 7) is 1.23. The van der Waals surface area contributed by atoms with Gasteiger partial charge in [0.05, 0.1) is 30.5 Å². The minimum atomic E-state index is -3.75. The van der Waals surface area contributed by atoms with Crippen LogP contribution in [0.15, 0.2) is 53.4 Å². The van der Waals surface area contributed by atoms with Crippen molar-refractivity contribution in [2.75, 3.05) is 31.6 Å². The summed E-state index contributed by atoms with van der Waals surface area (Å²) in [7, 11) is -3.75. The zero-order valence-electron chi connectivity index (χ0n) is 13.9. The van der Waals surface area contributed by atoms with Gasteiger partial charge in [-0.15, -0.1) is 0 Å². The van der Waals surface area contributed by atoms with Gasteiger partial charge in [0, 0.05) is 18.7 Å². The van der Waals surface area contributed by atoms with Crippen LogP contribution in [-0.4, -0.2) is 44.9 Å². The highest BCUT2D eigenvalue weighted by Gasteiger charge is 2.28. The molecule has 0 unspecified atom stereocenters. The Bertz CT molecular complexity index is 960. The van der Waals surface area contributed by atoms with E-state index < -0.39 is 15.9 Å². The van der Waals surface area contributed by atoms with E-state index in [2.05, 4.69) is 5.32 Å². The van der Waals surface area contributed by atoms with Crippen molar-refractivity contribution in [3.63, 3.8) is 0 Å². The molecule has 2 aromatic rings. The van der Waals surface area contributed by atoms with Crippen LogP contribution in [-0.2, 0) is 14.8 Å². The molecule has 8 heteroatoms. The first kappa shape index (κ1) is 18.1. The third-order valence-corrected chi connectivity index (χ3v) is 5.93. The monoisotopic (exact) mass is 371 g/mol. The van der Waals surface area contributed by atoms with Gasteiger partial charge in [0.2, 0.25) is 10.0 Å². The molecule has 0 atom stereocenters. The number of ether oxygens (including phenoxy) is 1. The molecule has 0 aliphatic carbocycles. The number of carbonyl (C=O) groups excluding carboxylic acids is 1. The number of nitrogens with one attached hydrogen (secondary N) is 1. The highest BCUT2D eigenvalue weighted by atomic mass is 32.2. The quantitative estimate of drug-likeness (QED) is 0.884. The normalized spacial score (nSPS) is 15.2. The third-order valence-electron chi connectivity index (χ3n) is 3.98. The van der Waals surface area contributed by atoms with E-state index in [1.54, 1.807) is 36.4 Å². The predicted octanol–water partition coefficient (Wildman–Crippen LogP) is 1.83. The lowest BCUT2D eigenvalue weighted by Gasteiger charge is -2.26. The molecule has 7 nitrogen and oxygen atoms in total. The summed E-state index contributed by atoms with van der Waals surface area (Å²) in [5, 5.41) is 11.6. The van der Waals surface area contributed by atoms with Crippen LogP contribution >= 0.6 is 0 Å². The van der Waals surface area contributed by atoms with E-state index in [1.807, 2.05) is 6.07 Å². The largest absolute Gasteiger partial charge is 0.379 e. The number of para-hydroxylation sites is 1. The summed E-state index contributed by atoms with van der Waals surface area (Å²) in [5.74, 6) is -0.480. The molecule has 3 rings (SSSR count). The van der Waals surface area contributed by atoms with E-state index >= 15 is 0 Å². The number of amides is 1. The number of benzene rings is 2. The fraction of sp³-hybridized carbons (Fsp3) is 0.222. The highest BCUT2D eigenvalue weighted by Crippen LogP contribution is 2.25. The fourth-order valence-electron chi connectivity index (χ4n) is 2.65. The molecule has 0 spiro atoms. The molecule has 2 aromatic carbocycles. The molecule has 0 radical (unpaired) electrons. The van der Waals surface area contributed by atoms with Gasteiger partial charge >= 0.3 is 0 Å². The standard InChI is InChI=1S/C18H17N3O4S/c19-13-14-4-3-5-15(12-14)18(22)20-16-6-1-2-7-17(16)26(23,24)21-8-10-25-11-9-21/h1-7,12H,8-11H2,(H,20,22). The van der Waals surface area contributed by atoms with E-state index in [1.165, 1.54) is 16.4 Å². The predicted molar refractivity (Wildman–Crippen MR) is 95.1 cm³/mol. The Morgan fingerprint density at radius 3 is 2.58 bits per heavy atom. The zero-order valence-corrected chi connectivity index (χ0v) is 14.7. The maximum absolute atomic E-state index is 12.9. The van der Waals surface area contributed by atoms with Gasteiger partial charge in [-0.25, -0.2) is 8.42 Å². The first-order valence-electron chi connectivity index (χ1n) is 8.01. The van der Waals surface area contributed by atoms with Crippen molar-refractivity contribution < 1.29 is 17.9 Å². The zero-order chi connectivity index (χ0) is 18.6. The second-order valence-corrected chi connectivity index (χ2v) is 7.57. The van der Waals surface area contributed by atoms with E-state index in [9.17, 15) is 13.2 Å². The van der Waals surface area contributed by atoms with Crippen LogP contribution in [0.4, 0.5) is 5.69 Å². The van der Waals surface area contributed by atoms with Crippen LogP contribution in [0.3, 0.4) is 0 Å². The van der Waals surface area contributed by atoms with E-state index in [0.717, 1.165) is 0 Å². The van der Waals surface area contributed by atoms with Crippen LogP contribution in [0.1, 0.15) is 15.9 Å². The smallest absolute Gasteiger partial charge is 0.255 e. The molecule has 134 valence electrons. The lowest BCUT2D eigenvalue weighted by molar-refractivity contribution is 0.0730. The molecule has 1 aliphatic rings. The van der Waals surface area contributed by atoms with Gasteiger partial charge in [-0.2, -0.15) is 9.57 Å². The lowest BCUT2D eigenvalue weighted by atomic mass is 10.1. The highest BCUT2D eigenvalue weighted by molar-refractivity contribution is 7.89. The number of carbonyl (C=O) groups is 1. The number of morpholine rings is 1. The number of nitriles is 1. The Balaban J connectivity index is 1.90. The molecule has 1 amide bonds. The van der Waals surface area contributed by atoms with Crippen molar-refractivity contribution in [1.82, 2.24) is 4.31 Å². The molecular weight excluding hydrogens is 354 g/mol. The summed E-state index contributed by atoms with van der Waals surface area (Å²) in [6.07, 6.45) is 0. The Kier molecular flexibility index (Phi) is 5.32. The third kappa shape index (κ3) is 3.75. The van der Waals surface area contributed by atoms with Crippen LogP contribution in [0.5, 0.6) is 0 Å². The molecule has 0 aromatic heterocycles. The SMILES string of the molecule is N#Cc1cccc(C(=O)Nc2ccccc2S(=O)(=O)N2CCOCC2)c1. The Labute approximate surface area is 151 Å². The molecule has 0 bridgehead atoms. The van der Waals surface area contributed by atoms with E-state index in [-0.39, 0.29) is 29.2 Å². The topological polar surface area (TPSA) is 99.5 Å². The van der Waals surface area contributed by atoms with Crippen LogP contribution < -0.4 is 5.32 Å². The van der Waals surface area contributed by atoms with Crippen molar-refractivity contribution in [3.8, 4) is 6.07 Å². The van der Waals surface area contributed by atoms with Gasteiger partial charge in [-0.05, 0) is 30.3 Å². The second kappa shape index (κ2) is 7.66. The Morgan fingerprint density at radius 1 is 1.12 bits per heavy atom. The summed E-state index contributed by atoms with van der Waals surface area (Å²) in [6, 6.07) is 14.4. The number of hydrogen-bond donors (Lipinski definition) is 1. The second-order valence-electron chi connectivity index (χ2n) is 5.66. The number of nitrogens with zero attached hydrogens (tertiary/aromatic N) is 2. The summed E-state index contributed by atoms with van der Waals surface area (Å²) < 4.78 is 32.4. The van der Waals surface area contributed by atoms with Crippen LogP contribution in [0, 0.1) is 11.3 Å². The summed E-state index contributed by atoms with van der Waals surface area (Å²) in [4.78, 5) is 12.5. The lowest BCUT2D eigenvalue weighted by Crippen LogP contribution is -2.40. The van der Waals surface area contributed by atoms with Crippen LogP contribution in [0.25, 0.3) is 0 Å². The molecule has 26 heavy (non-hydrogen) atoms. The molecule has 1 N–H and O–H groups in total. The van der Waals surface area contributed by atoms with E-state index in [4.69, 9.17) is 10.00 Å². The maximum Gasteiger partial charge on any atom is 0.255 e. The van der Waals surface area contributed by atoms with Gasteiger partial charge in [-0.1, -0.05) is 18.2 Å². The van der Waals surface area contributed by atoms with Gasteiger partial charge in [0.25, 0.3) is 5.91 Å². The van der Waals surface area contributed by atoms with Crippen molar-refractivity contribution >= 4 is 21.6 Å². The first-order valence-corrected chi connectivity index (χ1v) is 9.45. The fourth-order valence-corrected chi connectivity index (χ4v) is 4.20. The summed E-state index contributed by atoms with van der Waals surface area (Å²) in [5.41, 5.74) is 0.834. The van der Waals surface area contributed by atoms with E-state index in [0.29, 0.717) is 18.8 Å². The van der Waals surface area contributed by atoms with Gasteiger partial charge in [0.15, 0.2) is 0 Å². The van der Waals surface area contributed by atoms with Crippen LogP contribution in [0.2, 0.25) is 0 Å². The Morgan fingerprint density at radius 2 is 1.85 bits per heavy atom. The number of hydrogen-bond acceptors (Lipinski definition) is 5. The van der Waals surface area contributed by atoms with Crippen molar-refractivity contribution in [2.45, 2.75) is 4.90 Å².